The molecule has 0 saturated heterocycles. The van der Waals surface area contributed by atoms with E-state index in [1.165, 1.54) is 0 Å². The number of nitrogens with one attached hydrogen (secondary N) is 2. The topological polar surface area (TPSA) is 41.1 Å². The normalized spacial score (nSPS) is 16.4. The van der Waals surface area contributed by atoms with Crippen molar-refractivity contribution >= 4 is 38.2 Å². The summed E-state index contributed by atoms with van der Waals surface area (Å²) in [5.41, 5.74) is 3.78. The Bertz CT molecular complexity index is 876. The van der Waals surface area contributed by atoms with Crippen molar-refractivity contribution in [3.05, 3.63) is 75.6 Å². The molecule has 3 aromatic rings. The molecule has 1 aromatic heterocycles. The summed E-state index contributed by atoms with van der Waals surface area (Å²) >= 11 is 5.04. The van der Waals surface area contributed by atoms with E-state index in [1.54, 1.807) is 11.3 Å². The minimum absolute atomic E-state index is 0.0381. The van der Waals surface area contributed by atoms with Gasteiger partial charge in [0.25, 0.3) is 5.91 Å². The molecule has 0 radical (unpaired) electrons. The van der Waals surface area contributed by atoms with Gasteiger partial charge in [-0.3, -0.25) is 4.79 Å². The zero-order valence-corrected chi connectivity index (χ0v) is 14.4. The quantitative estimate of drug-likeness (QED) is 0.650. The van der Waals surface area contributed by atoms with Crippen LogP contribution in [-0.2, 0) is 0 Å². The molecule has 5 heteroatoms. The first-order valence-electron chi connectivity index (χ1n) is 7.22. The fourth-order valence-electron chi connectivity index (χ4n) is 2.74. The van der Waals surface area contributed by atoms with Gasteiger partial charge in [-0.2, -0.15) is 0 Å². The van der Waals surface area contributed by atoms with Crippen molar-refractivity contribution in [2.75, 3.05) is 5.32 Å². The van der Waals surface area contributed by atoms with Crippen LogP contribution in [0.25, 0.3) is 11.1 Å². The summed E-state index contributed by atoms with van der Waals surface area (Å²) in [5.74, 6) is -0.0381. The number of carbonyl (C=O) groups excluding carboxylic acids is 1. The minimum Gasteiger partial charge on any atom is -0.353 e. The molecule has 1 aliphatic heterocycles. The standard InChI is InChI=1S/C18H13BrN2OS/c19-13-8-4-7-12(9-13)16-20-17(22)15-14(10-23-18(15)21-16)11-5-2-1-3-6-11/h1-10,16,21H,(H,20,22)/t16-/m1/s1. The lowest BCUT2D eigenvalue weighted by Gasteiger charge is -2.26. The van der Waals surface area contributed by atoms with Gasteiger partial charge in [0.15, 0.2) is 0 Å². The van der Waals surface area contributed by atoms with Gasteiger partial charge in [-0.25, -0.2) is 0 Å². The number of amides is 1. The summed E-state index contributed by atoms with van der Waals surface area (Å²) in [5, 5.41) is 9.43. The maximum absolute atomic E-state index is 12.7. The van der Waals surface area contributed by atoms with Crippen LogP contribution in [0.4, 0.5) is 5.00 Å². The van der Waals surface area contributed by atoms with Crippen LogP contribution in [0.15, 0.2) is 64.5 Å². The summed E-state index contributed by atoms with van der Waals surface area (Å²) in [6.45, 7) is 0. The van der Waals surface area contributed by atoms with E-state index in [0.29, 0.717) is 0 Å². The lowest BCUT2D eigenvalue weighted by Crippen LogP contribution is -2.37. The molecular formula is C18H13BrN2OS. The van der Waals surface area contributed by atoms with Gasteiger partial charge in [-0.1, -0.05) is 58.4 Å². The first-order valence-corrected chi connectivity index (χ1v) is 8.89. The van der Waals surface area contributed by atoms with Crippen molar-refractivity contribution in [2.24, 2.45) is 0 Å². The average Bonchev–Trinajstić information content (AvgIpc) is 3.00. The third-order valence-electron chi connectivity index (χ3n) is 3.84. The van der Waals surface area contributed by atoms with Crippen LogP contribution in [0.5, 0.6) is 0 Å². The van der Waals surface area contributed by atoms with Gasteiger partial charge in [-0.05, 0) is 23.3 Å². The first kappa shape index (κ1) is 14.5. The summed E-state index contributed by atoms with van der Waals surface area (Å²) < 4.78 is 0.994. The molecule has 2 heterocycles. The zero-order valence-electron chi connectivity index (χ0n) is 12.0. The lowest BCUT2D eigenvalue weighted by atomic mass is 10.0. The maximum Gasteiger partial charge on any atom is 0.256 e. The van der Waals surface area contributed by atoms with Crippen molar-refractivity contribution < 1.29 is 4.79 Å². The fraction of sp³-hybridized carbons (Fsp3) is 0.0556. The molecule has 0 saturated carbocycles. The summed E-state index contributed by atoms with van der Waals surface area (Å²) in [4.78, 5) is 12.7. The van der Waals surface area contributed by atoms with Gasteiger partial charge in [0.05, 0.1) is 5.56 Å². The number of halogens is 1. The number of thiophene rings is 1. The van der Waals surface area contributed by atoms with E-state index in [1.807, 2.05) is 60.0 Å². The molecule has 0 aliphatic carbocycles. The maximum atomic E-state index is 12.7. The summed E-state index contributed by atoms with van der Waals surface area (Å²) in [6.07, 6.45) is -0.213. The molecule has 3 nitrogen and oxygen atoms in total. The Balaban J connectivity index is 1.72. The Hall–Kier alpha value is -2.11. The highest BCUT2D eigenvalue weighted by atomic mass is 79.9. The van der Waals surface area contributed by atoms with Gasteiger partial charge in [-0.15, -0.1) is 11.3 Å². The summed E-state index contributed by atoms with van der Waals surface area (Å²) in [7, 11) is 0. The van der Waals surface area contributed by atoms with Crippen LogP contribution in [0.2, 0.25) is 0 Å². The highest BCUT2D eigenvalue weighted by Crippen LogP contribution is 2.39. The Kier molecular flexibility index (Phi) is 3.67. The Morgan fingerprint density at radius 2 is 1.83 bits per heavy atom. The van der Waals surface area contributed by atoms with E-state index >= 15 is 0 Å². The predicted octanol–water partition coefficient (Wildman–Crippen LogP) is 5.03. The monoisotopic (exact) mass is 384 g/mol. The van der Waals surface area contributed by atoms with Crippen LogP contribution in [0.1, 0.15) is 22.1 Å². The third kappa shape index (κ3) is 2.66. The second-order valence-corrected chi connectivity index (χ2v) is 7.12. The van der Waals surface area contributed by atoms with E-state index in [0.717, 1.165) is 31.7 Å². The second kappa shape index (κ2) is 5.83. The largest absolute Gasteiger partial charge is 0.353 e. The molecule has 0 fully saturated rings. The number of rotatable bonds is 2. The smallest absolute Gasteiger partial charge is 0.256 e. The van der Waals surface area contributed by atoms with Gasteiger partial charge in [0.1, 0.15) is 11.2 Å². The molecule has 1 amide bonds. The van der Waals surface area contributed by atoms with Crippen molar-refractivity contribution in [1.82, 2.24) is 5.32 Å². The van der Waals surface area contributed by atoms with E-state index in [-0.39, 0.29) is 12.1 Å². The van der Waals surface area contributed by atoms with Crippen molar-refractivity contribution in [2.45, 2.75) is 6.17 Å². The SMILES string of the molecule is O=C1N[C@@H](c2cccc(Br)c2)Nc2scc(-c3ccccc3)c21. The number of benzene rings is 2. The number of carbonyl (C=O) groups is 1. The zero-order chi connectivity index (χ0) is 15.8. The molecule has 4 rings (SSSR count). The molecule has 0 spiro atoms. The molecule has 0 bridgehead atoms. The Morgan fingerprint density at radius 3 is 2.61 bits per heavy atom. The molecule has 2 aromatic carbocycles. The van der Waals surface area contributed by atoms with E-state index < -0.39 is 0 Å². The molecule has 23 heavy (non-hydrogen) atoms. The number of hydrogen-bond acceptors (Lipinski definition) is 3. The first-order chi connectivity index (χ1) is 11.2. The summed E-state index contributed by atoms with van der Waals surface area (Å²) in [6, 6.07) is 17.9. The van der Waals surface area contributed by atoms with Gasteiger partial charge >= 0.3 is 0 Å². The van der Waals surface area contributed by atoms with Gasteiger partial charge in [0, 0.05) is 15.4 Å². The highest BCUT2D eigenvalue weighted by Gasteiger charge is 2.29. The van der Waals surface area contributed by atoms with E-state index in [2.05, 4.69) is 26.6 Å². The second-order valence-electron chi connectivity index (χ2n) is 5.33. The van der Waals surface area contributed by atoms with Crippen LogP contribution in [-0.4, -0.2) is 5.91 Å². The van der Waals surface area contributed by atoms with Crippen molar-refractivity contribution in [1.29, 1.82) is 0 Å². The van der Waals surface area contributed by atoms with Crippen molar-refractivity contribution in [3.63, 3.8) is 0 Å². The predicted molar refractivity (Wildman–Crippen MR) is 97.7 cm³/mol. The van der Waals surface area contributed by atoms with E-state index in [4.69, 9.17) is 0 Å². The van der Waals surface area contributed by atoms with Gasteiger partial charge in [0.2, 0.25) is 0 Å². The lowest BCUT2D eigenvalue weighted by molar-refractivity contribution is 0.0937. The number of fused-ring (bicyclic) bond motifs is 1. The van der Waals surface area contributed by atoms with Crippen molar-refractivity contribution in [3.8, 4) is 11.1 Å². The van der Waals surface area contributed by atoms with Crippen LogP contribution in [0.3, 0.4) is 0 Å². The van der Waals surface area contributed by atoms with Crippen LogP contribution >= 0.6 is 27.3 Å². The Morgan fingerprint density at radius 1 is 1.00 bits per heavy atom. The molecular weight excluding hydrogens is 372 g/mol. The minimum atomic E-state index is -0.213. The van der Waals surface area contributed by atoms with Gasteiger partial charge < -0.3 is 10.6 Å². The van der Waals surface area contributed by atoms with E-state index in [9.17, 15) is 4.79 Å². The van der Waals surface area contributed by atoms with Crippen LogP contribution < -0.4 is 10.6 Å². The number of hydrogen-bond donors (Lipinski definition) is 2. The average molecular weight is 385 g/mol. The third-order valence-corrected chi connectivity index (χ3v) is 5.24. The highest BCUT2D eigenvalue weighted by molar-refractivity contribution is 9.10. The van der Waals surface area contributed by atoms with Crippen LogP contribution in [0, 0.1) is 0 Å². The fourth-order valence-corrected chi connectivity index (χ4v) is 4.16. The Labute approximate surface area is 146 Å². The molecule has 114 valence electrons. The molecule has 2 N–H and O–H groups in total. The molecule has 1 atom stereocenters. The molecule has 1 aliphatic rings. The number of anilines is 1. The molecule has 0 unspecified atom stereocenters.